The molecule has 0 unspecified atom stereocenters. The predicted molar refractivity (Wildman–Crippen MR) is 96.3 cm³/mol. The van der Waals surface area contributed by atoms with E-state index in [9.17, 15) is 4.79 Å². The SMILES string of the molecule is Cc1c(C(=O)N2CCCC[C@H]2c2ncon2)cccc1-c1ccccn1. The molecule has 132 valence electrons. The lowest BCUT2D eigenvalue weighted by atomic mass is 9.96. The van der Waals surface area contributed by atoms with Gasteiger partial charge in [0.1, 0.15) is 0 Å². The molecule has 1 fully saturated rings. The van der Waals surface area contributed by atoms with Crippen LogP contribution in [0.5, 0.6) is 0 Å². The maximum absolute atomic E-state index is 13.3. The number of carbonyl (C=O) groups excluding carboxylic acids is 1. The highest BCUT2D eigenvalue weighted by molar-refractivity contribution is 5.97. The summed E-state index contributed by atoms with van der Waals surface area (Å²) in [6.45, 7) is 2.68. The molecule has 0 N–H and O–H groups in total. The monoisotopic (exact) mass is 348 g/mol. The summed E-state index contributed by atoms with van der Waals surface area (Å²) in [4.78, 5) is 23.8. The second kappa shape index (κ2) is 7.07. The first-order valence-electron chi connectivity index (χ1n) is 8.84. The quantitative estimate of drug-likeness (QED) is 0.720. The summed E-state index contributed by atoms with van der Waals surface area (Å²) in [7, 11) is 0. The summed E-state index contributed by atoms with van der Waals surface area (Å²) >= 11 is 0. The van der Waals surface area contributed by atoms with Gasteiger partial charge in [-0.3, -0.25) is 9.78 Å². The van der Waals surface area contributed by atoms with Gasteiger partial charge in [0.25, 0.3) is 5.91 Å². The Bertz CT molecular complexity index is 893. The van der Waals surface area contributed by atoms with Gasteiger partial charge < -0.3 is 9.42 Å². The minimum Gasteiger partial charge on any atom is -0.343 e. The normalized spacial score (nSPS) is 17.3. The van der Waals surface area contributed by atoms with Gasteiger partial charge in [0.2, 0.25) is 6.39 Å². The average Bonchev–Trinajstić information content (AvgIpc) is 3.23. The molecule has 0 aliphatic carbocycles. The highest BCUT2D eigenvalue weighted by Gasteiger charge is 2.32. The summed E-state index contributed by atoms with van der Waals surface area (Å²) in [6, 6.07) is 11.5. The minimum atomic E-state index is -0.132. The Kier molecular flexibility index (Phi) is 4.48. The average molecular weight is 348 g/mol. The predicted octanol–water partition coefficient (Wildman–Crippen LogP) is 3.81. The third-order valence-corrected chi connectivity index (χ3v) is 4.95. The van der Waals surface area contributed by atoms with Crippen LogP contribution in [0.4, 0.5) is 0 Å². The van der Waals surface area contributed by atoms with Crippen molar-refractivity contribution in [2.75, 3.05) is 6.54 Å². The zero-order valence-corrected chi connectivity index (χ0v) is 14.6. The van der Waals surface area contributed by atoms with Gasteiger partial charge >= 0.3 is 0 Å². The van der Waals surface area contributed by atoms with E-state index in [1.54, 1.807) is 6.20 Å². The molecule has 1 atom stereocenters. The van der Waals surface area contributed by atoms with E-state index in [2.05, 4.69) is 15.1 Å². The summed E-state index contributed by atoms with van der Waals surface area (Å²) in [6.07, 6.45) is 5.97. The van der Waals surface area contributed by atoms with E-state index >= 15 is 0 Å². The van der Waals surface area contributed by atoms with Crippen molar-refractivity contribution in [3.05, 3.63) is 65.9 Å². The van der Waals surface area contributed by atoms with Crippen molar-refractivity contribution in [1.29, 1.82) is 0 Å². The minimum absolute atomic E-state index is 0.00906. The topological polar surface area (TPSA) is 72.1 Å². The summed E-state index contributed by atoms with van der Waals surface area (Å²) in [5.74, 6) is 0.589. The smallest absolute Gasteiger partial charge is 0.254 e. The third-order valence-electron chi connectivity index (χ3n) is 4.95. The maximum Gasteiger partial charge on any atom is 0.254 e. The Hall–Kier alpha value is -3.02. The van der Waals surface area contributed by atoms with Gasteiger partial charge in [0.15, 0.2) is 5.82 Å². The van der Waals surface area contributed by atoms with Crippen molar-refractivity contribution < 1.29 is 9.32 Å². The standard InChI is InChI=1S/C20H20N4O2/c1-14-15(17-9-2-4-11-21-17)7-6-8-16(14)20(25)24-12-5-3-10-18(24)19-22-13-26-23-19/h2,4,6-9,11,13,18H,3,5,10,12H2,1H3/t18-/m0/s1. The van der Waals surface area contributed by atoms with Crippen LogP contribution < -0.4 is 0 Å². The van der Waals surface area contributed by atoms with Crippen molar-refractivity contribution in [2.24, 2.45) is 0 Å². The number of carbonyl (C=O) groups is 1. The number of rotatable bonds is 3. The molecule has 6 heteroatoms. The molecule has 1 saturated heterocycles. The van der Waals surface area contributed by atoms with Crippen LogP contribution in [0.3, 0.4) is 0 Å². The van der Waals surface area contributed by atoms with Crippen LogP contribution in [0.2, 0.25) is 0 Å². The van der Waals surface area contributed by atoms with E-state index in [1.807, 2.05) is 48.2 Å². The Morgan fingerprint density at radius 1 is 1.15 bits per heavy atom. The van der Waals surface area contributed by atoms with Crippen LogP contribution in [-0.4, -0.2) is 32.5 Å². The van der Waals surface area contributed by atoms with Crippen LogP contribution in [0.15, 0.2) is 53.5 Å². The number of hydrogen-bond acceptors (Lipinski definition) is 5. The van der Waals surface area contributed by atoms with Crippen molar-refractivity contribution in [2.45, 2.75) is 32.2 Å². The van der Waals surface area contributed by atoms with Gasteiger partial charge in [-0.2, -0.15) is 4.98 Å². The first kappa shape index (κ1) is 16.4. The van der Waals surface area contributed by atoms with E-state index < -0.39 is 0 Å². The first-order chi connectivity index (χ1) is 12.8. The molecule has 26 heavy (non-hydrogen) atoms. The van der Waals surface area contributed by atoms with Gasteiger partial charge in [-0.1, -0.05) is 23.4 Å². The fourth-order valence-corrected chi connectivity index (χ4v) is 3.59. The number of nitrogens with zero attached hydrogens (tertiary/aromatic N) is 4. The van der Waals surface area contributed by atoms with Crippen LogP contribution >= 0.6 is 0 Å². The molecule has 0 radical (unpaired) electrons. The van der Waals surface area contributed by atoms with Crippen LogP contribution in [-0.2, 0) is 0 Å². The summed E-state index contributed by atoms with van der Waals surface area (Å²) in [5.41, 5.74) is 3.48. The number of pyridine rings is 1. The number of benzene rings is 1. The molecule has 1 amide bonds. The highest BCUT2D eigenvalue weighted by atomic mass is 16.5. The van der Waals surface area contributed by atoms with Gasteiger partial charge in [-0.05, 0) is 49.9 Å². The van der Waals surface area contributed by atoms with E-state index in [1.165, 1.54) is 6.39 Å². The van der Waals surface area contributed by atoms with Crippen molar-refractivity contribution in [3.63, 3.8) is 0 Å². The molecule has 0 spiro atoms. The Labute approximate surface area is 151 Å². The zero-order chi connectivity index (χ0) is 17.9. The molecule has 0 bridgehead atoms. The Morgan fingerprint density at radius 3 is 2.85 bits per heavy atom. The fourth-order valence-electron chi connectivity index (χ4n) is 3.59. The molecule has 0 saturated carbocycles. The second-order valence-electron chi connectivity index (χ2n) is 6.49. The van der Waals surface area contributed by atoms with Crippen LogP contribution in [0.1, 0.15) is 47.1 Å². The fraction of sp³-hybridized carbons (Fsp3) is 0.300. The molecule has 1 aliphatic heterocycles. The van der Waals surface area contributed by atoms with Crippen LogP contribution in [0.25, 0.3) is 11.3 Å². The molecule has 2 aromatic heterocycles. The lowest BCUT2D eigenvalue weighted by molar-refractivity contribution is 0.0596. The number of likely N-dealkylation sites (tertiary alicyclic amines) is 1. The lowest BCUT2D eigenvalue weighted by Crippen LogP contribution is -2.39. The molecule has 1 aromatic carbocycles. The largest absolute Gasteiger partial charge is 0.343 e. The van der Waals surface area contributed by atoms with Crippen molar-refractivity contribution in [1.82, 2.24) is 20.0 Å². The first-order valence-corrected chi connectivity index (χ1v) is 8.84. The van der Waals surface area contributed by atoms with Crippen molar-refractivity contribution in [3.8, 4) is 11.3 Å². The van der Waals surface area contributed by atoms with Gasteiger partial charge in [0, 0.05) is 23.9 Å². The lowest BCUT2D eigenvalue weighted by Gasteiger charge is -2.34. The van der Waals surface area contributed by atoms with E-state index in [-0.39, 0.29) is 11.9 Å². The molecule has 3 heterocycles. The Balaban J connectivity index is 1.69. The number of piperidine rings is 1. The molecule has 3 aromatic rings. The van der Waals surface area contributed by atoms with Crippen molar-refractivity contribution >= 4 is 5.91 Å². The molecular weight excluding hydrogens is 328 g/mol. The maximum atomic E-state index is 13.3. The zero-order valence-electron chi connectivity index (χ0n) is 14.6. The van der Waals surface area contributed by atoms with Crippen LogP contribution in [0, 0.1) is 6.92 Å². The number of aromatic nitrogens is 3. The van der Waals surface area contributed by atoms with Gasteiger partial charge in [-0.25, -0.2) is 0 Å². The van der Waals surface area contributed by atoms with Gasteiger partial charge in [0.05, 0.1) is 11.7 Å². The molecular formula is C20H20N4O2. The van der Waals surface area contributed by atoms with E-state index in [0.29, 0.717) is 17.9 Å². The Morgan fingerprint density at radius 2 is 2.08 bits per heavy atom. The third kappa shape index (κ3) is 2.98. The summed E-state index contributed by atoms with van der Waals surface area (Å²) in [5, 5.41) is 3.96. The van der Waals surface area contributed by atoms with E-state index in [4.69, 9.17) is 4.52 Å². The van der Waals surface area contributed by atoms with Gasteiger partial charge in [-0.15, -0.1) is 0 Å². The summed E-state index contributed by atoms with van der Waals surface area (Å²) < 4.78 is 4.89. The number of hydrogen-bond donors (Lipinski definition) is 0. The molecule has 4 rings (SSSR count). The second-order valence-corrected chi connectivity index (χ2v) is 6.49. The number of amides is 1. The molecule has 1 aliphatic rings. The highest BCUT2D eigenvalue weighted by Crippen LogP contribution is 2.32. The molecule has 6 nitrogen and oxygen atoms in total. The van der Waals surface area contributed by atoms with E-state index in [0.717, 1.165) is 36.1 Å².